The Morgan fingerprint density at radius 1 is 1.16 bits per heavy atom. The molecule has 108 valence electrons. The van der Waals surface area contributed by atoms with Gasteiger partial charge in [0.25, 0.3) is 0 Å². The van der Waals surface area contributed by atoms with E-state index in [0.29, 0.717) is 6.54 Å². The molecule has 0 spiro atoms. The monoisotopic (exact) mass is 285 g/mol. The summed E-state index contributed by atoms with van der Waals surface area (Å²) in [5, 5.41) is 0. The number of aryl methyl sites for hydroxylation is 2. The van der Waals surface area contributed by atoms with Crippen LogP contribution in [0.4, 0.5) is 0 Å². The minimum absolute atomic E-state index is 0.0292. The van der Waals surface area contributed by atoms with Gasteiger partial charge in [0.15, 0.2) is 0 Å². The van der Waals surface area contributed by atoms with Crippen molar-refractivity contribution in [3.8, 4) is 0 Å². The first-order valence-corrected chi connectivity index (χ1v) is 8.20. The van der Waals surface area contributed by atoms with E-state index in [2.05, 4.69) is 35.9 Å². The Hall–Kier alpha value is -0.910. The number of sulfonamides is 1. The first kappa shape index (κ1) is 16.1. The van der Waals surface area contributed by atoms with Gasteiger partial charge in [-0.15, -0.1) is 0 Å². The highest BCUT2D eigenvalue weighted by molar-refractivity contribution is 7.89. The Kier molecular flexibility index (Phi) is 7.05. The van der Waals surface area contributed by atoms with Gasteiger partial charge in [-0.05, 0) is 31.7 Å². The number of hydrogen-bond acceptors (Lipinski definition) is 3. The minimum Gasteiger partial charge on any atom is -0.384 e. The summed E-state index contributed by atoms with van der Waals surface area (Å²) >= 11 is 0. The van der Waals surface area contributed by atoms with E-state index in [1.54, 1.807) is 0 Å². The van der Waals surface area contributed by atoms with Crippen LogP contribution in [0.5, 0.6) is 0 Å². The molecule has 4 nitrogen and oxygen atoms in total. The second-order valence-corrected chi connectivity index (χ2v) is 6.58. The molecule has 0 atom stereocenters. The number of hydrogen-bond donors (Lipinski definition) is 1. The molecule has 0 heterocycles. The molecule has 0 aromatic heterocycles. The summed E-state index contributed by atoms with van der Waals surface area (Å²) in [7, 11) is -1.67. The number of ether oxygens (including phenoxy) is 1. The zero-order valence-corrected chi connectivity index (χ0v) is 12.5. The zero-order chi connectivity index (χ0) is 14.1. The van der Waals surface area contributed by atoms with E-state index in [4.69, 9.17) is 4.74 Å². The highest BCUT2D eigenvalue weighted by Crippen LogP contribution is 2.06. The smallest absolute Gasteiger partial charge is 0.213 e. The molecule has 19 heavy (non-hydrogen) atoms. The summed E-state index contributed by atoms with van der Waals surface area (Å²) < 4.78 is 30.3. The fourth-order valence-corrected chi connectivity index (χ4v) is 2.69. The van der Waals surface area contributed by atoms with Gasteiger partial charge in [0.05, 0.1) is 12.4 Å². The fraction of sp³-hybridized carbons (Fsp3) is 0.571. The molecule has 0 amide bonds. The predicted molar refractivity (Wildman–Crippen MR) is 77.8 cm³/mol. The Labute approximate surface area is 116 Å². The Balaban J connectivity index is 2.16. The van der Waals surface area contributed by atoms with Gasteiger partial charge in [0.1, 0.15) is 0 Å². The molecular weight excluding hydrogens is 262 g/mol. The van der Waals surface area contributed by atoms with Crippen molar-refractivity contribution < 1.29 is 13.2 Å². The average Bonchev–Trinajstić information content (AvgIpc) is 2.38. The number of methoxy groups -OCH3 is 1. The maximum Gasteiger partial charge on any atom is 0.213 e. The third-order valence-electron chi connectivity index (χ3n) is 2.89. The van der Waals surface area contributed by atoms with Crippen LogP contribution in [0.2, 0.25) is 0 Å². The summed E-state index contributed by atoms with van der Waals surface area (Å²) in [6.45, 7) is 2.80. The number of nitrogens with one attached hydrogen (secondary N) is 1. The lowest BCUT2D eigenvalue weighted by atomic mass is 10.1. The summed E-state index contributed by atoms with van der Waals surface area (Å²) in [5.41, 5.74) is 2.56. The molecule has 0 unspecified atom stereocenters. The second-order valence-electron chi connectivity index (χ2n) is 4.65. The van der Waals surface area contributed by atoms with Crippen LogP contribution in [0.25, 0.3) is 0 Å². The molecular formula is C14H23NO3S. The quantitative estimate of drug-likeness (QED) is 0.705. The maximum absolute atomic E-state index is 11.5. The first-order chi connectivity index (χ1) is 9.03. The molecule has 0 aliphatic carbocycles. The highest BCUT2D eigenvalue weighted by Gasteiger charge is 2.08. The van der Waals surface area contributed by atoms with E-state index in [1.807, 2.05) is 0 Å². The molecule has 0 fully saturated rings. The van der Waals surface area contributed by atoms with Crippen LogP contribution in [0.1, 0.15) is 24.0 Å². The lowest BCUT2D eigenvalue weighted by Gasteiger charge is -2.06. The summed E-state index contributed by atoms with van der Waals surface area (Å²) in [6, 6.07) is 8.45. The fourth-order valence-electron chi connectivity index (χ4n) is 1.70. The van der Waals surface area contributed by atoms with Gasteiger partial charge in [-0.3, -0.25) is 0 Å². The molecule has 0 radical (unpaired) electrons. The van der Waals surface area contributed by atoms with Crippen molar-refractivity contribution in [2.45, 2.75) is 26.2 Å². The average molecular weight is 285 g/mol. The largest absolute Gasteiger partial charge is 0.384 e. The number of benzene rings is 1. The van der Waals surface area contributed by atoms with E-state index in [0.717, 1.165) is 19.3 Å². The molecule has 0 aliphatic rings. The lowest BCUT2D eigenvalue weighted by molar-refractivity contribution is 0.217. The molecule has 0 aliphatic heterocycles. The van der Waals surface area contributed by atoms with Crippen LogP contribution < -0.4 is 4.72 Å². The van der Waals surface area contributed by atoms with E-state index < -0.39 is 10.0 Å². The molecule has 0 saturated carbocycles. The zero-order valence-electron chi connectivity index (χ0n) is 11.7. The lowest BCUT2D eigenvalue weighted by Crippen LogP contribution is -2.29. The molecule has 1 aromatic rings. The molecule has 5 heteroatoms. The SMILES string of the molecule is COCCS(=O)(=O)NCCCCc1ccc(C)cc1. The van der Waals surface area contributed by atoms with Gasteiger partial charge in [-0.2, -0.15) is 0 Å². The van der Waals surface area contributed by atoms with Gasteiger partial charge in [0.2, 0.25) is 10.0 Å². The summed E-state index contributed by atoms with van der Waals surface area (Å²) in [4.78, 5) is 0. The third kappa shape index (κ3) is 7.30. The van der Waals surface area contributed by atoms with Gasteiger partial charge in [-0.1, -0.05) is 29.8 Å². The van der Waals surface area contributed by atoms with E-state index in [9.17, 15) is 8.42 Å². The third-order valence-corrected chi connectivity index (χ3v) is 4.24. The molecule has 0 bridgehead atoms. The van der Waals surface area contributed by atoms with E-state index in [1.165, 1.54) is 18.2 Å². The molecule has 1 N–H and O–H groups in total. The predicted octanol–water partition coefficient (Wildman–Crippen LogP) is 1.88. The number of unbranched alkanes of at least 4 members (excludes halogenated alkanes) is 1. The van der Waals surface area contributed by atoms with E-state index in [-0.39, 0.29) is 12.4 Å². The van der Waals surface area contributed by atoms with Crippen LogP contribution in [-0.4, -0.2) is 34.4 Å². The van der Waals surface area contributed by atoms with Crippen molar-refractivity contribution in [1.29, 1.82) is 0 Å². The second kappa shape index (κ2) is 8.30. The Bertz CT molecular complexity index is 454. The van der Waals surface area contributed by atoms with Crippen molar-refractivity contribution in [3.05, 3.63) is 35.4 Å². The highest BCUT2D eigenvalue weighted by atomic mass is 32.2. The van der Waals surface area contributed by atoms with Crippen LogP contribution >= 0.6 is 0 Å². The number of rotatable bonds is 9. The Morgan fingerprint density at radius 3 is 2.47 bits per heavy atom. The van der Waals surface area contributed by atoms with Gasteiger partial charge in [0, 0.05) is 13.7 Å². The van der Waals surface area contributed by atoms with Gasteiger partial charge in [-0.25, -0.2) is 13.1 Å². The molecule has 1 aromatic carbocycles. The normalized spacial score (nSPS) is 11.7. The van der Waals surface area contributed by atoms with Crippen molar-refractivity contribution in [2.24, 2.45) is 0 Å². The first-order valence-electron chi connectivity index (χ1n) is 6.55. The van der Waals surface area contributed by atoms with Crippen LogP contribution in [0.15, 0.2) is 24.3 Å². The van der Waals surface area contributed by atoms with Crippen LogP contribution in [0, 0.1) is 6.92 Å². The van der Waals surface area contributed by atoms with Gasteiger partial charge >= 0.3 is 0 Å². The topological polar surface area (TPSA) is 55.4 Å². The van der Waals surface area contributed by atoms with E-state index >= 15 is 0 Å². The van der Waals surface area contributed by atoms with Crippen molar-refractivity contribution >= 4 is 10.0 Å². The van der Waals surface area contributed by atoms with Crippen molar-refractivity contribution in [2.75, 3.05) is 26.0 Å². The maximum atomic E-state index is 11.5. The van der Waals surface area contributed by atoms with Crippen LogP contribution in [-0.2, 0) is 21.2 Å². The standard InChI is InChI=1S/C14H23NO3S/c1-13-6-8-14(9-7-13)5-3-4-10-15-19(16,17)12-11-18-2/h6-9,15H,3-5,10-12H2,1-2H3. The summed E-state index contributed by atoms with van der Waals surface area (Å²) in [6.07, 6.45) is 2.82. The minimum atomic E-state index is -3.17. The van der Waals surface area contributed by atoms with Gasteiger partial charge < -0.3 is 4.74 Å². The van der Waals surface area contributed by atoms with Crippen molar-refractivity contribution in [3.63, 3.8) is 0 Å². The van der Waals surface area contributed by atoms with Crippen molar-refractivity contribution in [1.82, 2.24) is 4.72 Å². The Morgan fingerprint density at radius 2 is 1.84 bits per heavy atom. The molecule has 1 rings (SSSR count). The molecule has 0 saturated heterocycles. The van der Waals surface area contributed by atoms with Crippen LogP contribution in [0.3, 0.4) is 0 Å². The summed E-state index contributed by atoms with van der Waals surface area (Å²) in [5.74, 6) is 0.0292.